The quantitative estimate of drug-likeness (QED) is 0.858. The first-order valence-corrected chi connectivity index (χ1v) is 4.87. The number of H-pyrrole nitrogens is 1. The Hall–Kier alpha value is -2.08. The Morgan fingerprint density at radius 3 is 2.76 bits per heavy atom. The second-order valence-electron chi connectivity index (χ2n) is 3.22. The van der Waals surface area contributed by atoms with E-state index in [-0.39, 0.29) is 16.4 Å². The number of aromatic carboxylic acids is 1. The Balaban J connectivity index is 2.68. The van der Waals surface area contributed by atoms with Gasteiger partial charge in [-0.15, -0.1) is 0 Å². The summed E-state index contributed by atoms with van der Waals surface area (Å²) in [4.78, 5) is 24.6. The van der Waals surface area contributed by atoms with Gasteiger partial charge in [-0.25, -0.2) is 14.0 Å². The number of carbonyl (C=O) groups is 1. The van der Waals surface area contributed by atoms with Gasteiger partial charge in [0, 0.05) is 6.20 Å². The third-order valence-corrected chi connectivity index (χ3v) is 2.45. The average Bonchev–Trinajstić information content (AvgIpc) is 2.64. The molecule has 2 N–H and O–H groups in total. The van der Waals surface area contributed by atoms with E-state index in [1.807, 2.05) is 0 Å². The monoisotopic (exact) mass is 256 g/mol. The van der Waals surface area contributed by atoms with Crippen molar-refractivity contribution in [3.8, 4) is 5.69 Å². The third-order valence-electron chi connectivity index (χ3n) is 2.16. The van der Waals surface area contributed by atoms with E-state index in [9.17, 15) is 14.0 Å². The largest absolute Gasteiger partial charge is 0.477 e. The van der Waals surface area contributed by atoms with Crippen LogP contribution in [0.1, 0.15) is 10.5 Å². The molecule has 0 radical (unpaired) electrons. The molecular weight excluding hydrogens is 251 g/mol. The molecule has 0 spiro atoms. The lowest BCUT2D eigenvalue weighted by Gasteiger charge is -2.04. The fourth-order valence-corrected chi connectivity index (χ4v) is 1.58. The van der Waals surface area contributed by atoms with Crippen molar-refractivity contribution in [1.29, 1.82) is 0 Å². The molecule has 0 fully saturated rings. The topological polar surface area (TPSA) is 75.1 Å². The Morgan fingerprint density at radius 1 is 1.47 bits per heavy atom. The van der Waals surface area contributed by atoms with Gasteiger partial charge in [0.2, 0.25) is 0 Å². The van der Waals surface area contributed by atoms with Crippen molar-refractivity contribution in [2.75, 3.05) is 0 Å². The molecule has 0 atom stereocenters. The number of aromatic amines is 1. The lowest BCUT2D eigenvalue weighted by molar-refractivity contribution is 0.0688. The minimum Gasteiger partial charge on any atom is -0.477 e. The van der Waals surface area contributed by atoms with Gasteiger partial charge >= 0.3 is 11.7 Å². The van der Waals surface area contributed by atoms with Crippen LogP contribution in [0.4, 0.5) is 4.39 Å². The highest BCUT2D eigenvalue weighted by Gasteiger charge is 2.15. The molecular formula is C10H6ClFN2O3. The summed E-state index contributed by atoms with van der Waals surface area (Å²) >= 11 is 5.57. The molecule has 0 bridgehead atoms. The van der Waals surface area contributed by atoms with Crippen LogP contribution in [-0.2, 0) is 0 Å². The Labute approximate surface area is 99.1 Å². The standard InChI is InChI=1S/C10H6ClFN2O3/c11-6-3-5(1-2-7(6)12)14-8(9(15)16)4-13-10(14)17/h1-4H,(H,13,17)(H,15,16). The predicted octanol–water partition coefficient (Wildman–Crippen LogP) is 1.66. The molecule has 0 aliphatic heterocycles. The zero-order chi connectivity index (χ0) is 12.6. The van der Waals surface area contributed by atoms with Crippen LogP contribution in [-0.4, -0.2) is 20.6 Å². The van der Waals surface area contributed by atoms with Gasteiger partial charge in [0.15, 0.2) is 5.69 Å². The van der Waals surface area contributed by atoms with E-state index in [1.54, 1.807) is 0 Å². The lowest BCUT2D eigenvalue weighted by Crippen LogP contribution is -2.19. The Morgan fingerprint density at radius 2 is 2.18 bits per heavy atom. The highest BCUT2D eigenvalue weighted by atomic mass is 35.5. The first-order chi connectivity index (χ1) is 8.00. The smallest absolute Gasteiger partial charge is 0.354 e. The number of rotatable bonds is 2. The van der Waals surface area contributed by atoms with Crippen molar-refractivity contribution < 1.29 is 14.3 Å². The van der Waals surface area contributed by atoms with E-state index in [1.165, 1.54) is 12.1 Å². The zero-order valence-electron chi connectivity index (χ0n) is 8.28. The van der Waals surface area contributed by atoms with Gasteiger partial charge in [0.05, 0.1) is 10.7 Å². The van der Waals surface area contributed by atoms with Gasteiger partial charge < -0.3 is 10.1 Å². The van der Waals surface area contributed by atoms with Gasteiger partial charge in [-0.1, -0.05) is 11.6 Å². The number of hydrogen-bond acceptors (Lipinski definition) is 2. The van der Waals surface area contributed by atoms with Crippen LogP contribution in [0.3, 0.4) is 0 Å². The summed E-state index contributed by atoms with van der Waals surface area (Å²) in [5, 5.41) is 8.69. The summed E-state index contributed by atoms with van der Waals surface area (Å²) in [5.74, 6) is -1.92. The number of nitrogens with one attached hydrogen (secondary N) is 1. The summed E-state index contributed by atoms with van der Waals surface area (Å²) in [6.07, 6.45) is 1.06. The third kappa shape index (κ3) is 1.94. The molecule has 0 aliphatic rings. The van der Waals surface area contributed by atoms with Crippen molar-refractivity contribution in [2.45, 2.75) is 0 Å². The second-order valence-corrected chi connectivity index (χ2v) is 3.63. The van der Waals surface area contributed by atoms with Crippen molar-refractivity contribution in [3.05, 3.63) is 51.4 Å². The van der Waals surface area contributed by atoms with Crippen molar-refractivity contribution in [1.82, 2.24) is 9.55 Å². The molecule has 1 aromatic carbocycles. The van der Waals surface area contributed by atoms with Crippen molar-refractivity contribution in [3.63, 3.8) is 0 Å². The van der Waals surface area contributed by atoms with Crippen molar-refractivity contribution in [2.24, 2.45) is 0 Å². The molecule has 17 heavy (non-hydrogen) atoms. The fraction of sp³-hybridized carbons (Fsp3) is 0. The van der Waals surface area contributed by atoms with E-state index < -0.39 is 17.5 Å². The number of hydrogen-bond donors (Lipinski definition) is 2. The minimum atomic E-state index is -1.27. The number of carboxylic acid groups (broad SMARTS) is 1. The number of nitrogens with zero attached hydrogens (tertiary/aromatic N) is 1. The van der Waals surface area contributed by atoms with Crippen molar-refractivity contribution >= 4 is 17.6 Å². The maximum absolute atomic E-state index is 13.0. The summed E-state index contributed by atoms with van der Waals surface area (Å²) in [5.41, 5.74) is -0.706. The molecule has 88 valence electrons. The molecule has 2 aromatic rings. The number of aromatic nitrogens is 2. The number of halogens is 2. The molecule has 0 aliphatic carbocycles. The first kappa shape index (κ1) is 11.4. The summed E-state index contributed by atoms with van der Waals surface area (Å²) in [6.45, 7) is 0. The molecule has 7 heteroatoms. The van der Waals surface area contributed by atoms with E-state index in [0.29, 0.717) is 0 Å². The van der Waals surface area contributed by atoms with E-state index >= 15 is 0 Å². The highest BCUT2D eigenvalue weighted by Crippen LogP contribution is 2.18. The molecule has 0 amide bonds. The molecule has 1 aromatic heterocycles. The molecule has 0 saturated heterocycles. The molecule has 0 saturated carbocycles. The number of imidazole rings is 1. The Kier molecular flexibility index (Phi) is 2.72. The minimum absolute atomic E-state index is 0.181. The lowest BCUT2D eigenvalue weighted by atomic mass is 10.3. The molecule has 1 heterocycles. The van der Waals surface area contributed by atoms with Crippen LogP contribution in [0.2, 0.25) is 5.02 Å². The number of benzene rings is 1. The number of carboxylic acids is 1. The highest BCUT2D eigenvalue weighted by molar-refractivity contribution is 6.30. The zero-order valence-corrected chi connectivity index (χ0v) is 9.03. The second kappa shape index (κ2) is 4.06. The summed E-state index contributed by atoms with van der Waals surface area (Å²) in [7, 11) is 0. The van der Waals surface area contributed by atoms with Gasteiger partial charge in [0.25, 0.3) is 0 Å². The van der Waals surface area contributed by atoms with Gasteiger partial charge in [0.1, 0.15) is 5.82 Å². The maximum Gasteiger partial charge on any atom is 0.354 e. The summed E-state index contributed by atoms with van der Waals surface area (Å²) < 4.78 is 13.9. The average molecular weight is 257 g/mol. The summed E-state index contributed by atoms with van der Waals surface area (Å²) in [6, 6.07) is 3.50. The van der Waals surface area contributed by atoms with Crippen LogP contribution in [0, 0.1) is 5.82 Å². The SMILES string of the molecule is O=C(O)c1c[nH]c(=O)n1-c1ccc(F)c(Cl)c1. The molecule has 5 nitrogen and oxygen atoms in total. The van der Waals surface area contributed by atoms with E-state index in [2.05, 4.69) is 4.98 Å². The Bertz CT molecular complexity index is 647. The predicted molar refractivity (Wildman–Crippen MR) is 58.3 cm³/mol. The molecule has 0 unspecified atom stereocenters. The first-order valence-electron chi connectivity index (χ1n) is 4.50. The van der Waals surface area contributed by atoms with Crippen LogP contribution in [0.25, 0.3) is 5.69 Å². The van der Waals surface area contributed by atoms with Crippen LogP contribution < -0.4 is 5.69 Å². The van der Waals surface area contributed by atoms with Crippen LogP contribution in [0.5, 0.6) is 0 Å². The van der Waals surface area contributed by atoms with Crippen LogP contribution in [0.15, 0.2) is 29.2 Å². The van der Waals surface area contributed by atoms with Gasteiger partial charge in [-0.05, 0) is 18.2 Å². The van der Waals surface area contributed by atoms with E-state index in [0.717, 1.165) is 16.8 Å². The molecule has 2 rings (SSSR count). The normalized spacial score (nSPS) is 10.5. The van der Waals surface area contributed by atoms with E-state index in [4.69, 9.17) is 16.7 Å². The van der Waals surface area contributed by atoms with Crippen LogP contribution >= 0.6 is 11.6 Å². The fourth-order valence-electron chi connectivity index (χ4n) is 1.41. The maximum atomic E-state index is 13.0. The van der Waals surface area contributed by atoms with Gasteiger partial charge in [-0.2, -0.15) is 0 Å². The van der Waals surface area contributed by atoms with Gasteiger partial charge in [-0.3, -0.25) is 4.57 Å².